The molecule has 1 saturated carbocycles. The number of Topliss-reactive ketones (excluding diaryl/α,β-unsaturated/α-hetero) is 1. The average Bonchev–Trinajstić information content (AvgIpc) is 3.36. The lowest BCUT2D eigenvalue weighted by molar-refractivity contribution is -0.118. The van der Waals surface area contributed by atoms with Crippen LogP contribution < -0.4 is 4.90 Å². The van der Waals surface area contributed by atoms with Crippen molar-refractivity contribution < 1.29 is 9.59 Å². The number of hydrogen-bond donors (Lipinski definition) is 0. The van der Waals surface area contributed by atoms with E-state index in [4.69, 9.17) is 4.98 Å². The van der Waals surface area contributed by atoms with Crippen LogP contribution in [0.1, 0.15) is 55.8 Å². The molecule has 0 spiro atoms. The normalized spacial score (nSPS) is 14.5. The topological polar surface area (TPSA) is 50.3 Å². The molecule has 0 unspecified atom stereocenters. The Morgan fingerprint density at radius 1 is 1.07 bits per heavy atom. The molecule has 4 nitrogen and oxygen atoms in total. The number of aromatic nitrogens is 1. The molecule has 0 atom stereocenters. The van der Waals surface area contributed by atoms with Crippen LogP contribution in [0.2, 0.25) is 0 Å². The van der Waals surface area contributed by atoms with Gasteiger partial charge in [-0.15, -0.1) is 0 Å². The summed E-state index contributed by atoms with van der Waals surface area (Å²) in [7, 11) is 0. The largest absolute Gasteiger partial charge is 0.295 e. The van der Waals surface area contributed by atoms with Crippen molar-refractivity contribution in [1.82, 2.24) is 4.98 Å². The van der Waals surface area contributed by atoms with Gasteiger partial charge >= 0.3 is 0 Å². The van der Waals surface area contributed by atoms with Crippen LogP contribution >= 0.6 is 11.3 Å². The first-order valence-corrected chi connectivity index (χ1v) is 10.7. The summed E-state index contributed by atoms with van der Waals surface area (Å²) in [5.41, 5.74) is 2.31. The average molecular weight is 393 g/mol. The van der Waals surface area contributed by atoms with Gasteiger partial charge in [-0.3, -0.25) is 14.5 Å². The van der Waals surface area contributed by atoms with E-state index in [9.17, 15) is 9.59 Å². The molecule has 1 aromatic heterocycles. The van der Waals surface area contributed by atoms with E-state index in [-0.39, 0.29) is 11.7 Å². The monoisotopic (exact) mass is 392 g/mol. The highest BCUT2D eigenvalue weighted by molar-refractivity contribution is 7.22. The molecule has 5 heteroatoms. The summed E-state index contributed by atoms with van der Waals surface area (Å²) in [6.07, 6.45) is 6.50. The highest BCUT2D eigenvalue weighted by Crippen LogP contribution is 2.35. The second-order valence-electron chi connectivity index (χ2n) is 7.49. The second-order valence-corrected chi connectivity index (χ2v) is 8.49. The zero-order chi connectivity index (χ0) is 19.5. The Morgan fingerprint density at radius 2 is 1.79 bits per heavy atom. The van der Waals surface area contributed by atoms with Crippen molar-refractivity contribution in [1.29, 1.82) is 0 Å². The first-order valence-electron chi connectivity index (χ1n) is 9.91. The predicted molar refractivity (Wildman–Crippen MR) is 114 cm³/mol. The van der Waals surface area contributed by atoms with Crippen LogP contribution in [0.4, 0.5) is 10.8 Å². The van der Waals surface area contributed by atoms with Gasteiger partial charge in [0.1, 0.15) is 0 Å². The van der Waals surface area contributed by atoms with Crippen LogP contribution in [-0.4, -0.2) is 16.7 Å². The van der Waals surface area contributed by atoms with Crippen molar-refractivity contribution >= 4 is 44.1 Å². The second kappa shape index (κ2) is 8.23. The number of rotatable bonds is 6. The summed E-state index contributed by atoms with van der Waals surface area (Å²) in [5.74, 6) is 0.758. The van der Waals surface area contributed by atoms with Crippen molar-refractivity contribution in [2.24, 2.45) is 5.92 Å². The Bertz CT molecular complexity index is 954. The number of anilines is 2. The summed E-state index contributed by atoms with van der Waals surface area (Å²) in [4.78, 5) is 31.3. The minimum atomic E-state index is 0.0191. The van der Waals surface area contributed by atoms with Crippen molar-refractivity contribution in [3.05, 3.63) is 54.1 Å². The minimum absolute atomic E-state index is 0.0191. The highest BCUT2D eigenvalue weighted by atomic mass is 32.1. The van der Waals surface area contributed by atoms with Crippen molar-refractivity contribution in [3.8, 4) is 0 Å². The van der Waals surface area contributed by atoms with Crippen LogP contribution in [0.5, 0.6) is 0 Å². The van der Waals surface area contributed by atoms with Gasteiger partial charge in [-0.25, -0.2) is 4.98 Å². The number of thiazole rings is 1. The van der Waals surface area contributed by atoms with Gasteiger partial charge in [-0.05, 0) is 55.7 Å². The van der Waals surface area contributed by atoms with Crippen LogP contribution in [0.15, 0.2) is 48.5 Å². The Morgan fingerprint density at radius 3 is 2.46 bits per heavy atom. The van der Waals surface area contributed by atoms with Gasteiger partial charge in [0.25, 0.3) is 0 Å². The summed E-state index contributed by atoms with van der Waals surface area (Å²) in [6, 6.07) is 15.2. The van der Waals surface area contributed by atoms with E-state index in [1.165, 1.54) is 37.0 Å². The number of nitrogens with zero attached hydrogens (tertiary/aromatic N) is 2. The molecule has 0 aliphatic heterocycles. The van der Waals surface area contributed by atoms with Gasteiger partial charge in [0.2, 0.25) is 5.91 Å². The Balaban J connectivity index is 1.65. The maximum absolute atomic E-state index is 13.2. The molecule has 0 bridgehead atoms. The Hall–Kier alpha value is -2.53. The molecule has 1 aliphatic carbocycles. The fourth-order valence-corrected chi connectivity index (χ4v) is 4.90. The number of fused-ring (bicyclic) bond motifs is 1. The molecule has 0 N–H and O–H groups in total. The number of carbonyl (C=O) groups excluding carboxylic acids is 2. The Kier molecular flexibility index (Phi) is 5.53. The molecule has 144 valence electrons. The van der Waals surface area contributed by atoms with Gasteiger partial charge in [0.05, 0.1) is 15.9 Å². The number of para-hydroxylation sites is 1. The molecule has 3 aromatic rings. The maximum atomic E-state index is 13.2. The number of ketones is 1. The zero-order valence-corrected chi connectivity index (χ0v) is 16.9. The first kappa shape index (κ1) is 18.8. The quantitative estimate of drug-likeness (QED) is 0.474. The van der Waals surface area contributed by atoms with E-state index in [0.717, 1.165) is 22.3 Å². The smallest absolute Gasteiger partial charge is 0.233 e. The summed E-state index contributed by atoms with van der Waals surface area (Å²) in [5, 5.41) is 0.688. The molecule has 1 heterocycles. The van der Waals surface area contributed by atoms with Gasteiger partial charge < -0.3 is 0 Å². The van der Waals surface area contributed by atoms with E-state index < -0.39 is 0 Å². The molecule has 0 saturated heterocycles. The molecule has 1 amide bonds. The van der Waals surface area contributed by atoms with E-state index in [0.29, 0.717) is 23.0 Å². The van der Waals surface area contributed by atoms with E-state index in [1.807, 2.05) is 36.4 Å². The molecule has 4 rings (SSSR count). The van der Waals surface area contributed by atoms with Crippen LogP contribution in [0.3, 0.4) is 0 Å². The standard InChI is InChI=1S/C23H24N2O2S/c1-16(26)18-11-13-19(14-12-18)25(22(27)15-10-17-6-2-3-7-17)23-24-20-8-4-5-9-21(20)28-23/h4-5,8-9,11-14,17H,2-3,6-7,10,15H2,1H3. The van der Waals surface area contributed by atoms with Crippen molar-refractivity contribution in [2.75, 3.05) is 4.90 Å². The zero-order valence-electron chi connectivity index (χ0n) is 16.1. The van der Waals surface area contributed by atoms with Crippen LogP contribution in [0, 0.1) is 5.92 Å². The lowest BCUT2D eigenvalue weighted by Crippen LogP contribution is -2.26. The van der Waals surface area contributed by atoms with Gasteiger partial charge in [-0.2, -0.15) is 0 Å². The fraction of sp³-hybridized carbons (Fsp3) is 0.348. The van der Waals surface area contributed by atoms with E-state index >= 15 is 0 Å². The molecule has 0 radical (unpaired) electrons. The number of hydrogen-bond acceptors (Lipinski definition) is 4. The van der Waals surface area contributed by atoms with E-state index in [2.05, 4.69) is 0 Å². The summed E-state index contributed by atoms with van der Waals surface area (Å²) >= 11 is 1.52. The third-order valence-corrected chi connectivity index (χ3v) is 6.52. The third-order valence-electron chi connectivity index (χ3n) is 5.50. The highest BCUT2D eigenvalue weighted by Gasteiger charge is 2.24. The SMILES string of the molecule is CC(=O)c1ccc(N(C(=O)CCC2CCCC2)c2nc3ccccc3s2)cc1. The summed E-state index contributed by atoms with van der Waals surface area (Å²) in [6.45, 7) is 1.55. The fourth-order valence-electron chi connectivity index (χ4n) is 3.90. The summed E-state index contributed by atoms with van der Waals surface area (Å²) < 4.78 is 1.06. The van der Waals surface area contributed by atoms with Crippen LogP contribution in [-0.2, 0) is 4.79 Å². The van der Waals surface area contributed by atoms with Crippen molar-refractivity contribution in [3.63, 3.8) is 0 Å². The Labute approximate surface area is 169 Å². The maximum Gasteiger partial charge on any atom is 0.233 e. The van der Waals surface area contributed by atoms with Gasteiger partial charge in [0.15, 0.2) is 10.9 Å². The minimum Gasteiger partial charge on any atom is -0.295 e. The molecule has 28 heavy (non-hydrogen) atoms. The van der Waals surface area contributed by atoms with Gasteiger partial charge in [-0.1, -0.05) is 49.2 Å². The van der Waals surface area contributed by atoms with Crippen LogP contribution in [0.25, 0.3) is 10.2 Å². The predicted octanol–water partition coefficient (Wildman–Crippen LogP) is 6.13. The van der Waals surface area contributed by atoms with Gasteiger partial charge in [0, 0.05) is 12.0 Å². The number of carbonyl (C=O) groups is 2. The molecular weight excluding hydrogens is 368 g/mol. The number of benzene rings is 2. The number of amides is 1. The van der Waals surface area contributed by atoms with E-state index in [1.54, 1.807) is 24.0 Å². The first-order chi connectivity index (χ1) is 13.6. The molecule has 2 aromatic carbocycles. The molecule has 1 fully saturated rings. The lowest BCUT2D eigenvalue weighted by Gasteiger charge is -2.21. The van der Waals surface area contributed by atoms with Crippen molar-refractivity contribution in [2.45, 2.75) is 45.4 Å². The molecular formula is C23H24N2O2S. The molecule has 1 aliphatic rings. The lowest BCUT2D eigenvalue weighted by atomic mass is 10.0. The third kappa shape index (κ3) is 3.99.